The molecule has 0 spiro atoms. The van der Waals surface area contributed by atoms with E-state index in [-0.39, 0.29) is 12.4 Å². The smallest absolute Gasteiger partial charge is 0.0447 e. The maximum Gasteiger partial charge on any atom is 0.0447 e. The van der Waals surface area contributed by atoms with Crippen molar-refractivity contribution in [3.8, 4) is 0 Å². The molecule has 1 saturated carbocycles. The maximum atomic E-state index is 3.57. The highest BCUT2D eigenvalue weighted by molar-refractivity contribution is 5.85. The van der Waals surface area contributed by atoms with E-state index in [2.05, 4.69) is 28.4 Å². The molecule has 0 aromatic heterocycles. The molecule has 2 heterocycles. The number of para-hydroxylation sites is 1. The Kier molecular flexibility index (Phi) is 4.23. The first kappa shape index (κ1) is 14.2. The summed E-state index contributed by atoms with van der Waals surface area (Å²) < 4.78 is 0. The second-order valence-corrected chi connectivity index (χ2v) is 6.48. The highest BCUT2D eigenvalue weighted by atomic mass is 35.5. The van der Waals surface area contributed by atoms with Gasteiger partial charge in [0, 0.05) is 31.9 Å². The summed E-state index contributed by atoms with van der Waals surface area (Å²) in [6.45, 7) is 4.67. The van der Waals surface area contributed by atoms with Crippen molar-refractivity contribution in [3.05, 3.63) is 29.3 Å². The third-order valence-electron chi connectivity index (χ3n) is 5.35. The van der Waals surface area contributed by atoms with Gasteiger partial charge in [-0.1, -0.05) is 37.5 Å². The molecule has 3 aliphatic rings. The van der Waals surface area contributed by atoms with E-state index < -0.39 is 0 Å². The Morgan fingerprint density at radius 2 is 2.00 bits per heavy atom. The van der Waals surface area contributed by atoms with Crippen LogP contribution >= 0.6 is 12.4 Å². The minimum Gasteiger partial charge on any atom is -0.369 e. The number of benzene rings is 1. The van der Waals surface area contributed by atoms with Crippen LogP contribution in [0.1, 0.15) is 49.1 Å². The standard InChI is InChI=1S/C17H24N2.ClH/c1-2-5-14-12-19-10-9-18-11-13-6-4-8-16(17(13)19)15(14)7-3-1;/h4,6,8,14-15,18H,1-3,5,7,9-12H2;1H/t14-,15-;/m0./s1. The van der Waals surface area contributed by atoms with E-state index in [1.807, 2.05) is 0 Å². The van der Waals surface area contributed by atoms with Gasteiger partial charge in [-0.3, -0.25) is 0 Å². The van der Waals surface area contributed by atoms with Crippen molar-refractivity contribution < 1.29 is 0 Å². The lowest BCUT2D eigenvalue weighted by Gasteiger charge is -2.41. The fraction of sp³-hybridized carbons (Fsp3) is 0.647. The SMILES string of the molecule is Cl.c1cc2c3c(c1)[C@H]1CCCCC[C@H]1CN3CCNC2. The summed E-state index contributed by atoms with van der Waals surface area (Å²) in [4.78, 5) is 2.68. The molecule has 1 fully saturated rings. The molecule has 1 aromatic rings. The predicted octanol–water partition coefficient (Wildman–Crippen LogP) is 3.70. The zero-order valence-electron chi connectivity index (χ0n) is 12.1. The van der Waals surface area contributed by atoms with Crippen molar-refractivity contribution in [1.82, 2.24) is 5.32 Å². The molecule has 0 unspecified atom stereocenters. The summed E-state index contributed by atoms with van der Waals surface area (Å²) in [5.41, 5.74) is 4.78. The molecule has 1 aromatic carbocycles. The minimum absolute atomic E-state index is 0. The molecule has 0 bridgehead atoms. The van der Waals surface area contributed by atoms with Gasteiger partial charge in [0.25, 0.3) is 0 Å². The van der Waals surface area contributed by atoms with E-state index in [1.165, 1.54) is 50.8 Å². The Morgan fingerprint density at radius 3 is 2.95 bits per heavy atom. The molecular formula is C17H25ClN2. The Balaban J connectivity index is 0.00000121. The molecule has 2 aliphatic heterocycles. The summed E-state index contributed by atoms with van der Waals surface area (Å²) in [6.07, 6.45) is 7.19. The number of rotatable bonds is 0. The van der Waals surface area contributed by atoms with E-state index in [1.54, 1.807) is 11.3 Å². The largest absolute Gasteiger partial charge is 0.369 e. The number of halogens is 1. The molecule has 0 amide bonds. The van der Waals surface area contributed by atoms with E-state index in [9.17, 15) is 0 Å². The van der Waals surface area contributed by atoms with Gasteiger partial charge in [-0.15, -0.1) is 12.4 Å². The summed E-state index contributed by atoms with van der Waals surface area (Å²) in [5.74, 6) is 1.75. The highest BCUT2D eigenvalue weighted by Gasteiger charge is 2.35. The van der Waals surface area contributed by atoms with Crippen molar-refractivity contribution >= 4 is 18.1 Å². The van der Waals surface area contributed by atoms with Crippen LogP contribution in [0.2, 0.25) is 0 Å². The van der Waals surface area contributed by atoms with E-state index in [0.717, 1.165) is 24.9 Å². The molecule has 20 heavy (non-hydrogen) atoms. The Labute approximate surface area is 128 Å². The van der Waals surface area contributed by atoms with Crippen molar-refractivity contribution in [2.45, 2.75) is 44.6 Å². The minimum atomic E-state index is 0. The molecule has 110 valence electrons. The van der Waals surface area contributed by atoms with Crippen LogP contribution in [-0.2, 0) is 6.54 Å². The van der Waals surface area contributed by atoms with Gasteiger partial charge in [0.2, 0.25) is 0 Å². The van der Waals surface area contributed by atoms with E-state index >= 15 is 0 Å². The van der Waals surface area contributed by atoms with Crippen LogP contribution in [0.3, 0.4) is 0 Å². The molecule has 3 heteroatoms. The van der Waals surface area contributed by atoms with Crippen molar-refractivity contribution in [2.75, 3.05) is 24.5 Å². The monoisotopic (exact) mass is 292 g/mol. The van der Waals surface area contributed by atoms with Crippen LogP contribution in [-0.4, -0.2) is 19.6 Å². The molecule has 2 nitrogen and oxygen atoms in total. The van der Waals surface area contributed by atoms with Crippen molar-refractivity contribution in [1.29, 1.82) is 0 Å². The van der Waals surface area contributed by atoms with Gasteiger partial charge in [0.05, 0.1) is 0 Å². The molecule has 1 aliphatic carbocycles. The van der Waals surface area contributed by atoms with E-state index in [0.29, 0.717) is 0 Å². The van der Waals surface area contributed by atoms with Gasteiger partial charge in [0.1, 0.15) is 0 Å². The first-order valence-corrected chi connectivity index (χ1v) is 8.01. The summed E-state index contributed by atoms with van der Waals surface area (Å²) >= 11 is 0. The molecular weight excluding hydrogens is 268 g/mol. The van der Waals surface area contributed by atoms with Gasteiger partial charge in [-0.2, -0.15) is 0 Å². The van der Waals surface area contributed by atoms with Crippen LogP contribution < -0.4 is 10.2 Å². The summed E-state index contributed by atoms with van der Waals surface area (Å²) in [5, 5.41) is 3.57. The molecule has 4 rings (SSSR count). The van der Waals surface area contributed by atoms with Gasteiger partial charge < -0.3 is 10.2 Å². The number of nitrogens with one attached hydrogen (secondary N) is 1. The Hall–Kier alpha value is -0.730. The lowest BCUT2D eigenvalue weighted by Crippen LogP contribution is -2.39. The Morgan fingerprint density at radius 1 is 1.10 bits per heavy atom. The summed E-state index contributed by atoms with van der Waals surface area (Å²) in [6, 6.07) is 7.02. The zero-order chi connectivity index (χ0) is 12.7. The topological polar surface area (TPSA) is 15.3 Å². The maximum absolute atomic E-state index is 3.57. The fourth-order valence-corrected chi connectivity index (χ4v) is 4.47. The second-order valence-electron chi connectivity index (χ2n) is 6.48. The third-order valence-corrected chi connectivity index (χ3v) is 5.35. The highest BCUT2D eigenvalue weighted by Crippen LogP contribution is 2.46. The average molecular weight is 293 g/mol. The van der Waals surface area contributed by atoms with Crippen molar-refractivity contribution in [2.24, 2.45) is 5.92 Å². The van der Waals surface area contributed by atoms with Crippen LogP contribution in [0.15, 0.2) is 18.2 Å². The zero-order valence-corrected chi connectivity index (χ0v) is 12.9. The molecule has 1 N–H and O–H groups in total. The van der Waals surface area contributed by atoms with Gasteiger partial charge >= 0.3 is 0 Å². The average Bonchev–Trinajstić information content (AvgIpc) is 2.79. The molecule has 2 atom stereocenters. The number of hydrogen-bond acceptors (Lipinski definition) is 2. The molecule has 0 saturated heterocycles. The number of nitrogens with zero attached hydrogens (tertiary/aromatic N) is 1. The number of fused-ring (bicyclic) bond motifs is 2. The number of hydrogen-bond donors (Lipinski definition) is 1. The van der Waals surface area contributed by atoms with Crippen molar-refractivity contribution in [3.63, 3.8) is 0 Å². The lowest BCUT2D eigenvalue weighted by atomic mass is 9.77. The van der Waals surface area contributed by atoms with Gasteiger partial charge in [-0.05, 0) is 35.8 Å². The fourth-order valence-electron chi connectivity index (χ4n) is 4.47. The lowest BCUT2D eigenvalue weighted by molar-refractivity contribution is 0.380. The van der Waals surface area contributed by atoms with Gasteiger partial charge in [-0.25, -0.2) is 0 Å². The first-order valence-electron chi connectivity index (χ1n) is 8.01. The first-order chi connectivity index (χ1) is 9.43. The van der Waals surface area contributed by atoms with Crippen LogP contribution in [0.4, 0.5) is 5.69 Å². The van der Waals surface area contributed by atoms with Crippen LogP contribution in [0.25, 0.3) is 0 Å². The third kappa shape index (κ3) is 2.33. The van der Waals surface area contributed by atoms with Crippen LogP contribution in [0.5, 0.6) is 0 Å². The quantitative estimate of drug-likeness (QED) is 0.784. The van der Waals surface area contributed by atoms with Gasteiger partial charge in [0.15, 0.2) is 0 Å². The predicted molar refractivity (Wildman–Crippen MR) is 86.9 cm³/mol. The number of anilines is 1. The van der Waals surface area contributed by atoms with E-state index in [4.69, 9.17) is 0 Å². The second kappa shape index (κ2) is 5.95. The molecule has 0 radical (unpaired) electrons. The van der Waals surface area contributed by atoms with Crippen LogP contribution in [0, 0.1) is 5.92 Å². The summed E-state index contributed by atoms with van der Waals surface area (Å²) in [7, 11) is 0. The normalized spacial score (nSPS) is 28.5. The Bertz CT molecular complexity index is 474.